The second-order valence-electron chi connectivity index (χ2n) is 12.4. The second-order valence-corrected chi connectivity index (χ2v) is 12.4. The van der Waals surface area contributed by atoms with Crippen molar-refractivity contribution < 1.29 is 0 Å². The molecule has 6 heteroatoms. The number of hydrogen-bond acceptors (Lipinski definition) is 4. The molecular weight excluding hydrogens is 468 g/mol. The molecule has 6 N–H and O–H groups in total. The van der Waals surface area contributed by atoms with Gasteiger partial charge in [0.2, 0.25) is 0 Å². The molecule has 196 valence electrons. The molecule has 0 radical (unpaired) electrons. The first-order chi connectivity index (χ1) is 17.9. The number of aromatic amines is 2. The van der Waals surface area contributed by atoms with E-state index in [0.29, 0.717) is 0 Å². The standard InChI is InChI=1S/C32H38N6/c1-31(2,3)27(33)29-35-17-25(37-29)20-9-7-19(8-10-20)21-11-12-23-16-24(14-13-22(23)15-21)26-18-36-30(38-26)28(34)32(4,5)6/h7-18,27-28H,33-34H2,1-6H3,(H,35,37)(H,36,38). The fourth-order valence-electron chi connectivity index (χ4n) is 4.54. The van der Waals surface area contributed by atoms with Gasteiger partial charge < -0.3 is 21.4 Å². The van der Waals surface area contributed by atoms with Crippen LogP contribution in [0.5, 0.6) is 0 Å². The van der Waals surface area contributed by atoms with Crippen molar-refractivity contribution in [2.45, 2.75) is 53.6 Å². The third kappa shape index (κ3) is 5.15. The van der Waals surface area contributed by atoms with Crippen LogP contribution >= 0.6 is 0 Å². The predicted molar refractivity (Wildman–Crippen MR) is 157 cm³/mol. The number of rotatable bonds is 5. The maximum atomic E-state index is 6.39. The van der Waals surface area contributed by atoms with E-state index < -0.39 is 0 Å². The van der Waals surface area contributed by atoms with Crippen LogP contribution in [0.3, 0.4) is 0 Å². The Morgan fingerprint density at radius 2 is 0.947 bits per heavy atom. The van der Waals surface area contributed by atoms with E-state index >= 15 is 0 Å². The van der Waals surface area contributed by atoms with E-state index in [4.69, 9.17) is 11.5 Å². The van der Waals surface area contributed by atoms with Gasteiger partial charge in [-0.1, -0.05) is 90.1 Å². The molecule has 0 amide bonds. The van der Waals surface area contributed by atoms with Gasteiger partial charge in [0.25, 0.3) is 0 Å². The molecule has 5 aromatic rings. The highest BCUT2D eigenvalue weighted by Gasteiger charge is 2.26. The van der Waals surface area contributed by atoms with Gasteiger partial charge in [0.05, 0.1) is 35.9 Å². The molecule has 0 aliphatic heterocycles. The van der Waals surface area contributed by atoms with E-state index in [1.165, 1.54) is 21.9 Å². The predicted octanol–water partition coefficient (Wildman–Crippen LogP) is 7.38. The lowest BCUT2D eigenvalue weighted by atomic mass is 9.87. The molecule has 2 aromatic heterocycles. The van der Waals surface area contributed by atoms with Gasteiger partial charge in [0.15, 0.2) is 0 Å². The fraction of sp³-hybridized carbons (Fsp3) is 0.312. The largest absolute Gasteiger partial charge is 0.341 e. The number of nitrogens with one attached hydrogen (secondary N) is 2. The first-order valence-corrected chi connectivity index (χ1v) is 13.2. The molecule has 0 aliphatic carbocycles. The zero-order chi connectivity index (χ0) is 27.2. The highest BCUT2D eigenvalue weighted by molar-refractivity contribution is 5.90. The summed E-state index contributed by atoms with van der Waals surface area (Å²) >= 11 is 0. The van der Waals surface area contributed by atoms with Gasteiger partial charge in [-0.25, -0.2) is 9.97 Å². The normalized spacial score (nSPS) is 14.1. The van der Waals surface area contributed by atoms with Crippen LogP contribution in [-0.4, -0.2) is 19.9 Å². The molecule has 0 saturated heterocycles. The van der Waals surface area contributed by atoms with Crippen LogP contribution in [0.25, 0.3) is 44.4 Å². The summed E-state index contributed by atoms with van der Waals surface area (Å²) in [5.41, 5.74) is 19.1. The van der Waals surface area contributed by atoms with E-state index in [9.17, 15) is 0 Å². The van der Waals surface area contributed by atoms with Crippen molar-refractivity contribution in [3.63, 3.8) is 0 Å². The van der Waals surface area contributed by atoms with Crippen molar-refractivity contribution in [1.29, 1.82) is 0 Å². The second kappa shape index (κ2) is 9.53. The lowest BCUT2D eigenvalue weighted by Gasteiger charge is -2.25. The molecule has 2 unspecified atom stereocenters. The Kier molecular flexibility index (Phi) is 6.49. The molecule has 5 rings (SSSR count). The van der Waals surface area contributed by atoms with Gasteiger partial charge in [-0.2, -0.15) is 0 Å². The van der Waals surface area contributed by atoms with Crippen molar-refractivity contribution >= 4 is 10.8 Å². The molecule has 2 heterocycles. The van der Waals surface area contributed by atoms with Crippen LogP contribution in [0.15, 0.2) is 73.1 Å². The smallest absolute Gasteiger partial charge is 0.124 e. The summed E-state index contributed by atoms with van der Waals surface area (Å²) in [7, 11) is 0. The zero-order valence-electron chi connectivity index (χ0n) is 23.1. The van der Waals surface area contributed by atoms with Crippen molar-refractivity contribution in [2.24, 2.45) is 22.3 Å². The lowest BCUT2D eigenvalue weighted by Crippen LogP contribution is -2.27. The van der Waals surface area contributed by atoms with Crippen LogP contribution in [0.2, 0.25) is 0 Å². The van der Waals surface area contributed by atoms with Crippen molar-refractivity contribution in [2.75, 3.05) is 0 Å². The topological polar surface area (TPSA) is 109 Å². The number of benzene rings is 3. The van der Waals surface area contributed by atoms with E-state index in [-0.39, 0.29) is 22.9 Å². The Labute approximate surface area is 224 Å². The SMILES string of the molecule is CC(C)(C)C(N)c1ncc(-c2ccc(-c3ccc4cc(-c5cnc(C(N)C(C)(C)C)[nH]5)ccc4c3)cc2)[nH]1. The molecular formula is C32H38N6. The summed E-state index contributed by atoms with van der Waals surface area (Å²) in [4.78, 5) is 15.9. The third-order valence-corrected chi connectivity index (χ3v) is 7.33. The van der Waals surface area contributed by atoms with Gasteiger partial charge in [0, 0.05) is 5.56 Å². The number of hydrogen-bond donors (Lipinski definition) is 4. The lowest BCUT2D eigenvalue weighted by molar-refractivity contribution is 0.316. The highest BCUT2D eigenvalue weighted by atomic mass is 15.0. The molecule has 6 nitrogen and oxygen atoms in total. The first kappa shape index (κ1) is 25.9. The summed E-state index contributed by atoms with van der Waals surface area (Å²) < 4.78 is 0. The maximum absolute atomic E-state index is 6.39. The van der Waals surface area contributed by atoms with Gasteiger partial charge in [-0.3, -0.25) is 0 Å². The molecule has 0 spiro atoms. The summed E-state index contributed by atoms with van der Waals surface area (Å²) in [6, 6.07) is 21.3. The minimum atomic E-state index is -0.151. The summed E-state index contributed by atoms with van der Waals surface area (Å²) in [5, 5.41) is 2.37. The minimum absolute atomic E-state index is 0.0586. The Morgan fingerprint density at radius 3 is 1.45 bits per heavy atom. The number of imidazole rings is 2. The minimum Gasteiger partial charge on any atom is -0.341 e. The molecule has 0 bridgehead atoms. The molecule has 2 atom stereocenters. The molecule has 0 fully saturated rings. The average molecular weight is 507 g/mol. The summed E-state index contributed by atoms with van der Waals surface area (Å²) in [6.45, 7) is 12.7. The van der Waals surface area contributed by atoms with Gasteiger partial charge >= 0.3 is 0 Å². The van der Waals surface area contributed by atoms with E-state index in [1.54, 1.807) is 0 Å². The fourth-order valence-corrected chi connectivity index (χ4v) is 4.54. The Morgan fingerprint density at radius 1 is 0.553 bits per heavy atom. The first-order valence-electron chi connectivity index (χ1n) is 13.2. The molecule has 3 aromatic carbocycles. The van der Waals surface area contributed by atoms with Crippen LogP contribution in [-0.2, 0) is 0 Å². The van der Waals surface area contributed by atoms with Gasteiger partial charge in [-0.15, -0.1) is 0 Å². The van der Waals surface area contributed by atoms with E-state index in [0.717, 1.165) is 34.2 Å². The quantitative estimate of drug-likeness (QED) is 0.199. The number of H-pyrrole nitrogens is 2. The average Bonchev–Trinajstić information content (AvgIpc) is 3.57. The molecule has 38 heavy (non-hydrogen) atoms. The Balaban J connectivity index is 1.36. The zero-order valence-corrected chi connectivity index (χ0v) is 23.1. The van der Waals surface area contributed by atoms with Crippen LogP contribution in [0.1, 0.15) is 65.3 Å². The van der Waals surface area contributed by atoms with Crippen molar-refractivity contribution in [3.8, 4) is 33.6 Å². The van der Waals surface area contributed by atoms with Gasteiger partial charge in [-0.05, 0) is 50.4 Å². The van der Waals surface area contributed by atoms with Crippen LogP contribution < -0.4 is 11.5 Å². The van der Waals surface area contributed by atoms with Crippen LogP contribution in [0, 0.1) is 10.8 Å². The Bertz CT molecular complexity index is 1560. The van der Waals surface area contributed by atoms with E-state index in [2.05, 4.69) is 122 Å². The van der Waals surface area contributed by atoms with Crippen molar-refractivity contribution in [3.05, 3.63) is 84.7 Å². The van der Waals surface area contributed by atoms with Gasteiger partial charge in [0.1, 0.15) is 11.6 Å². The molecule has 0 saturated carbocycles. The Hall–Kier alpha value is -3.74. The summed E-state index contributed by atoms with van der Waals surface area (Å²) in [5.74, 6) is 1.63. The van der Waals surface area contributed by atoms with Crippen LogP contribution in [0.4, 0.5) is 0 Å². The maximum Gasteiger partial charge on any atom is 0.124 e. The highest BCUT2D eigenvalue weighted by Crippen LogP contribution is 2.33. The monoisotopic (exact) mass is 506 g/mol. The third-order valence-electron chi connectivity index (χ3n) is 7.33. The number of fused-ring (bicyclic) bond motifs is 1. The number of aromatic nitrogens is 4. The molecule has 0 aliphatic rings. The van der Waals surface area contributed by atoms with Crippen molar-refractivity contribution in [1.82, 2.24) is 19.9 Å². The van der Waals surface area contributed by atoms with E-state index in [1.807, 2.05) is 12.4 Å². The number of nitrogens with two attached hydrogens (primary N) is 2. The number of nitrogens with zero attached hydrogens (tertiary/aromatic N) is 2. The summed E-state index contributed by atoms with van der Waals surface area (Å²) in [6.07, 6.45) is 3.74.